The third kappa shape index (κ3) is 3.59. The lowest BCUT2D eigenvalue weighted by Crippen LogP contribution is -2.30. The largest absolute Gasteiger partial charge is 0.481 e. The quantitative estimate of drug-likeness (QED) is 0.755. The van der Waals surface area contributed by atoms with Crippen molar-refractivity contribution in [1.29, 1.82) is 0 Å². The number of aliphatic carboxylic acids is 1. The van der Waals surface area contributed by atoms with Crippen LogP contribution in [0.3, 0.4) is 0 Å². The van der Waals surface area contributed by atoms with E-state index in [2.05, 4.69) is 5.32 Å². The van der Waals surface area contributed by atoms with Gasteiger partial charge < -0.3 is 16.2 Å². The number of nitrogens with two attached hydrogens (primary N) is 1. The van der Waals surface area contributed by atoms with Gasteiger partial charge in [0.05, 0.1) is 18.3 Å². The summed E-state index contributed by atoms with van der Waals surface area (Å²) in [6.45, 7) is 0. The molecule has 0 aliphatic heterocycles. The molecule has 2 rings (SSSR count). The lowest BCUT2D eigenvalue weighted by atomic mass is 9.95. The molecule has 2 amide bonds. The first-order chi connectivity index (χ1) is 9.99. The van der Waals surface area contributed by atoms with Gasteiger partial charge in [0.25, 0.3) is 0 Å². The van der Waals surface area contributed by atoms with Crippen molar-refractivity contribution in [2.75, 3.05) is 5.32 Å². The summed E-state index contributed by atoms with van der Waals surface area (Å²) >= 11 is 0. The van der Waals surface area contributed by atoms with Crippen molar-refractivity contribution in [2.45, 2.75) is 25.7 Å². The molecule has 4 N–H and O–H groups in total. The van der Waals surface area contributed by atoms with Crippen LogP contribution in [0.2, 0.25) is 0 Å². The molecular formula is C15H18N2O4. The number of hydrogen-bond acceptors (Lipinski definition) is 3. The van der Waals surface area contributed by atoms with Crippen LogP contribution in [0.5, 0.6) is 0 Å². The van der Waals surface area contributed by atoms with Gasteiger partial charge in [-0.1, -0.05) is 24.6 Å². The molecule has 1 aromatic rings. The molecule has 0 aromatic heterocycles. The molecule has 0 radical (unpaired) electrons. The minimum atomic E-state index is -0.932. The molecule has 1 aromatic carbocycles. The monoisotopic (exact) mass is 290 g/mol. The summed E-state index contributed by atoms with van der Waals surface area (Å²) in [5.41, 5.74) is 6.32. The number of carbonyl (C=O) groups excluding carboxylic acids is 2. The maximum Gasteiger partial charge on any atom is 0.307 e. The molecule has 0 unspecified atom stereocenters. The molecular weight excluding hydrogens is 272 g/mol. The maximum absolute atomic E-state index is 12.3. The number of rotatable bonds is 5. The number of carbonyl (C=O) groups is 3. The van der Waals surface area contributed by atoms with Crippen LogP contribution in [0.1, 0.15) is 24.8 Å². The van der Waals surface area contributed by atoms with Gasteiger partial charge in [0.15, 0.2) is 0 Å². The second-order valence-corrected chi connectivity index (χ2v) is 5.27. The van der Waals surface area contributed by atoms with E-state index in [9.17, 15) is 14.4 Å². The van der Waals surface area contributed by atoms with Gasteiger partial charge in [-0.15, -0.1) is 0 Å². The van der Waals surface area contributed by atoms with Crippen LogP contribution >= 0.6 is 0 Å². The van der Waals surface area contributed by atoms with Crippen LogP contribution in [0.4, 0.5) is 5.69 Å². The third-order valence-corrected chi connectivity index (χ3v) is 3.81. The molecule has 0 saturated heterocycles. The van der Waals surface area contributed by atoms with Gasteiger partial charge in [0.2, 0.25) is 11.8 Å². The highest BCUT2D eigenvalue weighted by Gasteiger charge is 2.37. The number of nitrogens with one attached hydrogen (secondary N) is 1. The van der Waals surface area contributed by atoms with Gasteiger partial charge in [-0.3, -0.25) is 14.4 Å². The number of anilines is 1. The normalized spacial score (nSPS) is 21.0. The van der Waals surface area contributed by atoms with E-state index in [4.69, 9.17) is 10.8 Å². The van der Waals surface area contributed by atoms with Crippen LogP contribution < -0.4 is 11.1 Å². The van der Waals surface area contributed by atoms with Crippen molar-refractivity contribution < 1.29 is 19.5 Å². The van der Waals surface area contributed by atoms with Gasteiger partial charge in [-0.2, -0.15) is 0 Å². The van der Waals surface area contributed by atoms with Crippen molar-refractivity contribution in [1.82, 2.24) is 0 Å². The number of carboxylic acids is 1. The van der Waals surface area contributed by atoms with Gasteiger partial charge in [-0.05, 0) is 24.5 Å². The molecule has 1 fully saturated rings. The van der Waals surface area contributed by atoms with Gasteiger partial charge in [-0.25, -0.2) is 0 Å². The molecule has 2 atom stereocenters. The summed E-state index contributed by atoms with van der Waals surface area (Å²) in [5.74, 6) is -2.88. The molecule has 1 aliphatic carbocycles. The van der Waals surface area contributed by atoms with E-state index in [0.29, 0.717) is 24.1 Å². The average molecular weight is 290 g/mol. The van der Waals surface area contributed by atoms with Crippen LogP contribution in [0.25, 0.3) is 0 Å². The van der Waals surface area contributed by atoms with Crippen molar-refractivity contribution in [3.63, 3.8) is 0 Å². The van der Waals surface area contributed by atoms with E-state index in [-0.39, 0.29) is 12.3 Å². The molecule has 0 heterocycles. The van der Waals surface area contributed by atoms with Gasteiger partial charge >= 0.3 is 5.97 Å². The summed E-state index contributed by atoms with van der Waals surface area (Å²) in [6.07, 6.45) is 1.86. The molecule has 112 valence electrons. The molecule has 1 saturated carbocycles. The summed E-state index contributed by atoms with van der Waals surface area (Å²) in [7, 11) is 0. The summed E-state index contributed by atoms with van der Waals surface area (Å²) in [5, 5.41) is 11.9. The van der Waals surface area contributed by atoms with Crippen molar-refractivity contribution in [2.24, 2.45) is 17.6 Å². The molecule has 6 nitrogen and oxygen atoms in total. The Bertz CT molecular complexity index is 571. The highest BCUT2D eigenvalue weighted by molar-refractivity contribution is 5.96. The molecule has 1 aliphatic rings. The zero-order valence-electron chi connectivity index (χ0n) is 11.5. The minimum absolute atomic E-state index is 0.0312. The lowest BCUT2D eigenvalue weighted by Gasteiger charge is -2.17. The van der Waals surface area contributed by atoms with E-state index >= 15 is 0 Å². The van der Waals surface area contributed by atoms with Crippen molar-refractivity contribution in [3.05, 3.63) is 29.8 Å². The number of hydrogen-bond donors (Lipinski definition) is 3. The zero-order valence-corrected chi connectivity index (χ0v) is 11.5. The van der Waals surface area contributed by atoms with Crippen LogP contribution in [-0.2, 0) is 20.8 Å². The predicted molar refractivity (Wildman–Crippen MR) is 76.4 cm³/mol. The smallest absolute Gasteiger partial charge is 0.307 e. The standard InChI is InChI=1S/C15H18N2O4/c16-13(18)8-9-4-1-2-7-12(9)17-14(19)10-5-3-6-11(10)15(20)21/h1-2,4,7,10-11H,3,5-6,8H2,(H2,16,18)(H,17,19)(H,20,21)/t10-,11+/m1/s1. The average Bonchev–Trinajstić information content (AvgIpc) is 2.90. The summed E-state index contributed by atoms with van der Waals surface area (Å²) in [4.78, 5) is 34.5. The Morgan fingerprint density at radius 3 is 2.52 bits per heavy atom. The number of amides is 2. The van der Waals surface area contributed by atoms with Crippen molar-refractivity contribution >= 4 is 23.5 Å². The van der Waals surface area contributed by atoms with Gasteiger partial charge in [0.1, 0.15) is 0 Å². The Morgan fingerprint density at radius 2 is 1.86 bits per heavy atom. The lowest BCUT2D eigenvalue weighted by molar-refractivity contribution is -0.145. The Hall–Kier alpha value is -2.37. The second-order valence-electron chi connectivity index (χ2n) is 5.27. The summed E-state index contributed by atoms with van der Waals surface area (Å²) in [6, 6.07) is 6.89. The number of para-hydroxylation sites is 1. The van der Waals surface area contributed by atoms with Crippen LogP contribution in [-0.4, -0.2) is 22.9 Å². The number of primary amides is 1. The molecule has 6 heteroatoms. The summed E-state index contributed by atoms with van der Waals surface area (Å²) < 4.78 is 0. The fourth-order valence-corrected chi connectivity index (χ4v) is 2.78. The second kappa shape index (κ2) is 6.39. The molecule has 0 spiro atoms. The van der Waals surface area contributed by atoms with E-state index in [1.54, 1.807) is 24.3 Å². The Morgan fingerprint density at radius 1 is 1.19 bits per heavy atom. The van der Waals surface area contributed by atoms with Crippen molar-refractivity contribution in [3.8, 4) is 0 Å². The van der Waals surface area contributed by atoms with E-state index < -0.39 is 23.7 Å². The van der Waals surface area contributed by atoms with Crippen LogP contribution in [0.15, 0.2) is 24.3 Å². The Balaban J connectivity index is 2.12. The van der Waals surface area contributed by atoms with E-state index in [1.807, 2.05) is 0 Å². The first kappa shape index (κ1) is 15.0. The fourth-order valence-electron chi connectivity index (χ4n) is 2.78. The maximum atomic E-state index is 12.3. The van der Waals surface area contributed by atoms with Gasteiger partial charge in [0, 0.05) is 5.69 Å². The topological polar surface area (TPSA) is 109 Å². The van der Waals surface area contributed by atoms with E-state index in [1.165, 1.54) is 0 Å². The zero-order chi connectivity index (χ0) is 15.4. The van der Waals surface area contributed by atoms with Crippen LogP contribution in [0, 0.1) is 11.8 Å². The predicted octanol–water partition coefficient (Wildman–Crippen LogP) is 1.15. The van der Waals surface area contributed by atoms with E-state index in [0.717, 1.165) is 6.42 Å². The highest BCUT2D eigenvalue weighted by atomic mass is 16.4. The fraction of sp³-hybridized carbons (Fsp3) is 0.400. The minimum Gasteiger partial charge on any atom is -0.481 e. The first-order valence-corrected chi connectivity index (χ1v) is 6.89. The highest BCUT2D eigenvalue weighted by Crippen LogP contribution is 2.33. The molecule has 21 heavy (non-hydrogen) atoms. The Kier molecular flexibility index (Phi) is 4.57. The first-order valence-electron chi connectivity index (χ1n) is 6.89. The Labute approximate surface area is 122 Å². The SMILES string of the molecule is NC(=O)Cc1ccccc1NC(=O)[C@@H]1CCC[C@@H]1C(=O)O. The number of benzene rings is 1. The molecule has 0 bridgehead atoms. The third-order valence-electron chi connectivity index (χ3n) is 3.81. The number of carboxylic acid groups (broad SMARTS) is 1.